The highest BCUT2D eigenvalue weighted by atomic mass is 32.2. The van der Waals surface area contributed by atoms with E-state index in [1.807, 2.05) is 12.1 Å². The Hall–Kier alpha value is -2.39. The summed E-state index contributed by atoms with van der Waals surface area (Å²) in [6.07, 6.45) is 2.57. The molecule has 1 N–H and O–H groups in total. The minimum absolute atomic E-state index is 0.243. The number of nitrogens with zero attached hydrogens (tertiary/aromatic N) is 2. The molecule has 5 nitrogen and oxygen atoms in total. The molecular formula is C24H23N2O3S3+. The second-order valence-electron chi connectivity index (χ2n) is 7.66. The van der Waals surface area contributed by atoms with Gasteiger partial charge in [-0.2, -0.15) is 13.0 Å². The third-order valence-corrected chi connectivity index (χ3v) is 8.61. The predicted octanol–water partition coefficient (Wildman–Crippen LogP) is 5.55. The van der Waals surface area contributed by atoms with E-state index in [4.69, 9.17) is 4.55 Å². The quantitative estimate of drug-likeness (QED) is 0.288. The van der Waals surface area contributed by atoms with Crippen LogP contribution in [-0.2, 0) is 16.7 Å². The fraction of sp³-hybridized carbons (Fsp3) is 0.208. The number of benzene rings is 3. The van der Waals surface area contributed by atoms with E-state index in [1.165, 1.54) is 21.0 Å². The monoisotopic (exact) mass is 483 g/mol. The third-order valence-electron chi connectivity index (χ3n) is 5.60. The zero-order chi connectivity index (χ0) is 22.3. The summed E-state index contributed by atoms with van der Waals surface area (Å²) in [5, 5.41) is 4.71. The Morgan fingerprint density at radius 2 is 1.84 bits per heavy atom. The SMILES string of the molecule is CC[n+]1c(C=C2Sc3ccccc3N2CCCS(=O)(=O)O)sc2ccc3ccccc3c21. The van der Waals surface area contributed by atoms with Crippen molar-refractivity contribution in [3.63, 3.8) is 0 Å². The number of thiazole rings is 1. The molecule has 0 saturated heterocycles. The molecule has 1 aliphatic rings. The number of fused-ring (bicyclic) bond motifs is 4. The second kappa shape index (κ2) is 8.51. The smallest absolute Gasteiger partial charge is 0.265 e. The lowest BCUT2D eigenvalue weighted by Gasteiger charge is -2.19. The molecular weight excluding hydrogens is 460 g/mol. The molecule has 1 aromatic heterocycles. The summed E-state index contributed by atoms with van der Waals surface area (Å²) in [5.41, 5.74) is 2.33. The molecule has 0 unspecified atom stereocenters. The van der Waals surface area contributed by atoms with Crippen molar-refractivity contribution in [3.05, 3.63) is 70.7 Å². The Bertz CT molecular complexity index is 1460. The Morgan fingerprint density at radius 1 is 1.06 bits per heavy atom. The highest BCUT2D eigenvalue weighted by Gasteiger charge is 2.28. The van der Waals surface area contributed by atoms with Gasteiger partial charge in [0.25, 0.3) is 15.1 Å². The molecule has 0 amide bonds. The van der Waals surface area contributed by atoms with Crippen LogP contribution in [0.15, 0.2) is 70.6 Å². The number of rotatable bonds is 6. The zero-order valence-electron chi connectivity index (χ0n) is 17.6. The van der Waals surface area contributed by atoms with Gasteiger partial charge in [-0.3, -0.25) is 4.55 Å². The molecule has 0 saturated carbocycles. The molecule has 1 aliphatic heterocycles. The maximum absolute atomic E-state index is 11.2. The van der Waals surface area contributed by atoms with Crippen molar-refractivity contribution in [2.45, 2.75) is 24.8 Å². The first-order valence-electron chi connectivity index (χ1n) is 10.5. The van der Waals surface area contributed by atoms with Gasteiger partial charge in [-0.25, -0.2) is 0 Å². The standard InChI is InChI=1S/C24H22N2O3S3/c1-2-25-22(31-21-13-12-17-8-3-4-9-18(17)24(21)25)16-23-26(14-7-15-32(27,28)29)19-10-5-6-11-20(19)30-23/h3-6,8-13,16H,2,7,14-15H2,1H3/p+1. The number of aryl methyl sites for hydroxylation is 1. The van der Waals surface area contributed by atoms with Gasteiger partial charge in [-0.15, -0.1) is 0 Å². The van der Waals surface area contributed by atoms with E-state index in [9.17, 15) is 8.42 Å². The highest BCUT2D eigenvalue weighted by molar-refractivity contribution is 8.03. The van der Waals surface area contributed by atoms with Gasteiger partial charge >= 0.3 is 0 Å². The maximum Gasteiger partial charge on any atom is 0.265 e. The molecule has 0 fully saturated rings. The maximum atomic E-state index is 11.2. The summed E-state index contributed by atoms with van der Waals surface area (Å²) in [5.74, 6) is -0.243. The average molecular weight is 484 g/mol. The molecule has 0 bridgehead atoms. The van der Waals surface area contributed by atoms with E-state index in [0.29, 0.717) is 13.0 Å². The van der Waals surface area contributed by atoms with Gasteiger partial charge < -0.3 is 4.90 Å². The van der Waals surface area contributed by atoms with Gasteiger partial charge in [0.1, 0.15) is 11.2 Å². The van der Waals surface area contributed by atoms with Crippen LogP contribution in [0.25, 0.3) is 27.1 Å². The van der Waals surface area contributed by atoms with E-state index < -0.39 is 10.1 Å². The van der Waals surface area contributed by atoms with Crippen molar-refractivity contribution in [1.82, 2.24) is 0 Å². The molecule has 164 valence electrons. The van der Waals surface area contributed by atoms with Crippen LogP contribution in [0, 0.1) is 0 Å². The molecule has 2 heterocycles. The largest absolute Gasteiger partial charge is 0.335 e. The normalized spacial score (nSPS) is 15.2. The van der Waals surface area contributed by atoms with E-state index in [1.54, 1.807) is 23.1 Å². The Labute approximate surface area is 195 Å². The van der Waals surface area contributed by atoms with Gasteiger partial charge in [0.2, 0.25) is 5.52 Å². The number of hydrogen-bond donors (Lipinski definition) is 1. The summed E-state index contributed by atoms with van der Waals surface area (Å²) in [6.45, 7) is 3.54. The van der Waals surface area contributed by atoms with Crippen LogP contribution in [0.5, 0.6) is 0 Å². The fourth-order valence-corrected chi connectivity index (χ4v) is 7.07. The first-order chi connectivity index (χ1) is 15.4. The molecule has 3 aromatic carbocycles. The molecule has 0 aliphatic carbocycles. The molecule has 32 heavy (non-hydrogen) atoms. The first-order valence-corrected chi connectivity index (χ1v) is 13.7. The van der Waals surface area contributed by atoms with Crippen molar-refractivity contribution in [2.24, 2.45) is 0 Å². The number of para-hydroxylation sites is 1. The van der Waals surface area contributed by atoms with Crippen LogP contribution in [0.1, 0.15) is 18.4 Å². The molecule has 0 atom stereocenters. The molecule has 8 heteroatoms. The highest BCUT2D eigenvalue weighted by Crippen LogP contribution is 2.46. The number of anilines is 1. The van der Waals surface area contributed by atoms with Crippen molar-refractivity contribution in [1.29, 1.82) is 0 Å². The Kier molecular flexibility index (Phi) is 5.71. The molecule has 4 aromatic rings. The van der Waals surface area contributed by atoms with Gasteiger partial charge in [-0.05, 0) is 43.0 Å². The minimum atomic E-state index is -3.97. The van der Waals surface area contributed by atoms with Crippen molar-refractivity contribution in [2.75, 3.05) is 17.2 Å². The van der Waals surface area contributed by atoms with Crippen LogP contribution >= 0.6 is 23.1 Å². The zero-order valence-corrected chi connectivity index (χ0v) is 20.0. The van der Waals surface area contributed by atoms with Gasteiger partial charge in [0.15, 0.2) is 0 Å². The Morgan fingerprint density at radius 3 is 2.66 bits per heavy atom. The predicted molar refractivity (Wildman–Crippen MR) is 134 cm³/mol. The number of aromatic nitrogens is 1. The topological polar surface area (TPSA) is 61.5 Å². The van der Waals surface area contributed by atoms with Crippen molar-refractivity contribution in [3.8, 4) is 0 Å². The summed E-state index contributed by atoms with van der Waals surface area (Å²) in [6, 6.07) is 21.0. The first kappa shape index (κ1) is 21.5. The van der Waals surface area contributed by atoms with Crippen LogP contribution in [0.4, 0.5) is 5.69 Å². The van der Waals surface area contributed by atoms with Crippen molar-refractivity contribution >= 4 is 66.0 Å². The van der Waals surface area contributed by atoms with E-state index in [-0.39, 0.29) is 5.75 Å². The fourth-order valence-electron chi connectivity index (χ4n) is 4.20. The Balaban J connectivity index is 1.59. The average Bonchev–Trinajstić information content (AvgIpc) is 3.30. The molecule has 0 radical (unpaired) electrons. The molecule has 0 spiro atoms. The lowest BCUT2D eigenvalue weighted by molar-refractivity contribution is -0.664. The van der Waals surface area contributed by atoms with Crippen LogP contribution in [-0.4, -0.2) is 25.3 Å². The van der Waals surface area contributed by atoms with Gasteiger partial charge in [0.05, 0.1) is 27.9 Å². The van der Waals surface area contributed by atoms with Gasteiger partial charge in [0, 0.05) is 11.4 Å². The summed E-state index contributed by atoms with van der Waals surface area (Å²) in [4.78, 5) is 3.31. The van der Waals surface area contributed by atoms with E-state index in [2.05, 4.69) is 71.0 Å². The van der Waals surface area contributed by atoms with E-state index >= 15 is 0 Å². The number of thioether (sulfide) groups is 1. The number of hydrogen-bond acceptors (Lipinski definition) is 5. The third kappa shape index (κ3) is 4.03. The summed E-state index contributed by atoms with van der Waals surface area (Å²) in [7, 11) is -3.97. The lowest BCUT2D eigenvalue weighted by Crippen LogP contribution is -2.34. The second-order valence-corrected chi connectivity index (χ2v) is 11.4. The van der Waals surface area contributed by atoms with Gasteiger partial charge in [-0.1, -0.05) is 59.5 Å². The van der Waals surface area contributed by atoms with E-state index in [0.717, 1.165) is 27.2 Å². The van der Waals surface area contributed by atoms with Crippen LogP contribution in [0.2, 0.25) is 0 Å². The van der Waals surface area contributed by atoms with Crippen LogP contribution in [0.3, 0.4) is 0 Å². The minimum Gasteiger partial charge on any atom is -0.335 e. The summed E-state index contributed by atoms with van der Waals surface area (Å²) >= 11 is 3.47. The molecule has 5 rings (SSSR count). The lowest BCUT2D eigenvalue weighted by atomic mass is 10.1. The summed E-state index contributed by atoms with van der Waals surface area (Å²) < 4.78 is 35.2. The van der Waals surface area contributed by atoms with Crippen LogP contribution < -0.4 is 9.47 Å². The van der Waals surface area contributed by atoms with Crippen molar-refractivity contribution < 1.29 is 17.5 Å².